The lowest BCUT2D eigenvalue weighted by molar-refractivity contribution is 0.124. The number of thioether (sulfide) groups is 1. The van der Waals surface area contributed by atoms with Gasteiger partial charge in [0.15, 0.2) is 0 Å². The van der Waals surface area contributed by atoms with Crippen LogP contribution >= 0.6 is 23.4 Å². The summed E-state index contributed by atoms with van der Waals surface area (Å²) in [6.07, 6.45) is 1.38. The van der Waals surface area contributed by atoms with Crippen molar-refractivity contribution >= 4 is 23.4 Å². The first-order chi connectivity index (χ1) is 7.79. The van der Waals surface area contributed by atoms with Crippen molar-refractivity contribution in [2.24, 2.45) is 5.90 Å². The molecular weight excluding hydrogens is 246 g/mol. The summed E-state index contributed by atoms with van der Waals surface area (Å²) < 4.78 is 5.81. The molecule has 1 aromatic carbocycles. The highest BCUT2D eigenvalue weighted by Gasteiger charge is 2.18. The van der Waals surface area contributed by atoms with E-state index < -0.39 is 0 Å². The van der Waals surface area contributed by atoms with E-state index in [0.717, 1.165) is 23.5 Å². The molecule has 0 radical (unpaired) electrons. The number of nitrogens with two attached hydrogens (primary N) is 1. The molecule has 1 saturated heterocycles. The molecule has 1 aromatic rings. The summed E-state index contributed by atoms with van der Waals surface area (Å²) >= 11 is 8.03. The second-order valence-electron chi connectivity index (χ2n) is 3.68. The largest absolute Gasteiger partial charge is 0.488 e. The van der Waals surface area contributed by atoms with Crippen LogP contribution in [-0.2, 0) is 11.4 Å². The van der Waals surface area contributed by atoms with Crippen molar-refractivity contribution in [2.45, 2.75) is 19.1 Å². The molecule has 1 aliphatic heterocycles. The minimum absolute atomic E-state index is 0.291. The van der Waals surface area contributed by atoms with Gasteiger partial charge in [0, 0.05) is 5.75 Å². The Morgan fingerprint density at radius 2 is 2.38 bits per heavy atom. The Hall–Kier alpha value is -0.420. The van der Waals surface area contributed by atoms with E-state index in [1.54, 1.807) is 0 Å². The number of ether oxygens (including phenoxy) is 1. The molecular formula is C11H14ClNO2S. The number of hydrogen-bond donors (Lipinski definition) is 1. The molecule has 1 fully saturated rings. The molecule has 2 N–H and O–H groups in total. The van der Waals surface area contributed by atoms with Crippen LogP contribution in [-0.4, -0.2) is 17.6 Å². The van der Waals surface area contributed by atoms with Crippen LogP contribution in [0.2, 0.25) is 5.02 Å². The zero-order chi connectivity index (χ0) is 11.4. The summed E-state index contributed by atoms with van der Waals surface area (Å²) in [5, 5.41) is 0.617. The third kappa shape index (κ3) is 3.04. The summed E-state index contributed by atoms with van der Waals surface area (Å²) in [7, 11) is 0. The topological polar surface area (TPSA) is 44.5 Å². The van der Waals surface area contributed by atoms with Crippen molar-refractivity contribution < 1.29 is 9.57 Å². The number of rotatable bonds is 4. The first-order valence-electron chi connectivity index (χ1n) is 5.14. The van der Waals surface area contributed by atoms with E-state index in [0.29, 0.717) is 17.7 Å². The molecule has 5 heteroatoms. The van der Waals surface area contributed by atoms with Crippen LogP contribution in [0.1, 0.15) is 12.0 Å². The van der Waals surface area contributed by atoms with E-state index in [1.807, 2.05) is 30.0 Å². The van der Waals surface area contributed by atoms with Gasteiger partial charge in [0.25, 0.3) is 0 Å². The van der Waals surface area contributed by atoms with E-state index in [-0.39, 0.29) is 0 Å². The zero-order valence-corrected chi connectivity index (χ0v) is 10.4. The summed E-state index contributed by atoms with van der Waals surface area (Å²) in [5.41, 5.74) is 0.945. The van der Waals surface area contributed by atoms with Crippen molar-refractivity contribution in [1.82, 2.24) is 0 Å². The SMILES string of the molecule is NOCc1ccc(OC2CCSC2)c(Cl)c1. The minimum atomic E-state index is 0.291. The van der Waals surface area contributed by atoms with Crippen molar-refractivity contribution in [1.29, 1.82) is 0 Å². The molecule has 88 valence electrons. The first-order valence-corrected chi connectivity index (χ1v) is 6.67. The summed E-state index contributed by atoms with van der Waals surface area (Å²) in [4.78, 5) is 4.55. The van der Waals surface area contributed by atoms with Crippen LogP contribution in [0.3, 0.4) is 0 Å². The number of hydrogen-bond acceptors (Lipinski definition) is 4. The Morgan fingerprint density at radius 3 is 3.00 bits per heavy atom. The summed E-state index contributed by atoms with van der Waals surface area (Å²) in [5.74, 6) is 7.96. The Morgan fingerprint density at radius 1 is 1.50 bits per heavy atom. The molecule has 0 aromatic heterocycles. The molecule has 0 spiro atoms. The van der Waals surface area contributed by atoms with E-state index >= 15 is 0 Å². The molecule has 0 bridgehead atoms. The van der Waals surface area contributed by atoms with Gasteiger partial charge in [-0.3, -0.25) is 4.84 Å². The van der Waals surface area contributed by atoms with Gasteiger partial charge in [-0.1, -0.05) is 17.7 Å². The minimum Gasteiger partial charge on any atom is -0.488 e. The lowest BCUT2D eigenvalue weighted by Crippen LogP contribution is -2.15. The fourth-order valence-electron chi connectivity index (χ4n) is 1.61. The van der Waals surface area contributed by atoms with Gasteiger partial charge in [0.1, 0.15) is 11.9 Å². The van der Waals surface area contributed by atoms with Crippen LogP contribution in [0, 0.1) is 0 Å². The average Bonchev–Trinajstić information content (AvgIpc) is 2.75. The maximum absolute atomic E-state index is 6.12. The first kappa shape index (κ1) is 12.0. The molecule has 2 rings (SSSR count). The van der Waals surface area contributed by atoms with Crippen molar-refractivity contribution in [3.05, 3.63) is 28.8 Å². The molecule has 3 nitrogen and oxygen atoms in total. The molecule has 1 atom stereocenters. The molecule has 0 amide bonds. The molecule has 16 heavy (non-hydrogen) atoms. The maximum atomic E-state index is 6.12. The lowest BCUT2D eigenvalue weighted by atomic mass is 10.2. The molecule has 1 heterocycles. The van der Waals surface area contributed by atoms with Crippen LogP contribution in [0.15, 0.2) is 18.2 Å². The van der Waals surface area contributed by atoms with E-state index in [1.165, 1.54) is 5.75 Å². The van der Waals surface area contributed by atoms with Crippen LogP contribution in [0.25, 0.3) is 0 Å². The Bertz CT molecular complexity index is 356. The highest BCUT2D eigenvalue weighted by molar-refractivity contribution is 7.99. The van der Waals surface area contributed by atoms with Gasteiger partial charge >= 0.3 is 0 Å². The number of halogens is 1. The van der Waals surface area contributed by atoms with Gasteiger partial charge in [0.05, 0.1) is 11.6 Å². The lowest BCUT2D eigenvalue weighted by Gasteiger charge is -2.14. The Balaban J connectivity index is 2.03. The summed E-state index contributed by atoms with van der Waals surface area (Å²) in [6.45, 7) is 0.360. The van der Waals surface area contributed by atoms with Crippen molar-refractivity contribution in [3.8, 4) is 5.75 Å². The van der Waals surface area contributed by atoms with Crippen molar-refractivity contribution in [2.75, 3.05) is 11.5 Å². The maximum Gasteiger partial charge on any atom is 0.138 e. The normalized spacial score (nSPS) is 20.0. The standard InChI is InChI=1S/C11H14ClNO2S/c12-10-5-8(6-14-13)1-2-11(10)15-9-3-4-16-7-9/h1-2,5,9H,3-4,6-7,13H2. The van der Waals surface area contributed by atoms with E-state index in [2.05, 4.69) is 4.84 Å². The van der Waals surface area contributed by atoms with Crippen molar-refractivity contribution in [3.63, 3.8) is 0 Å². The second kappa shape index (κ2) is 5.77. The highest BCUT2D eigenvalue weighted by Crippen LogP contribution is 2.29. The van der Waals surface area contributed by atoms with Gasteiger partial charge in [-0.05, 0) is 29.9 Å². The fourth-order valence-corrected chi connectivity index (χ4v) is 2.95. The average molecular weight is 260 g/mol. The quantitative estimate of drug-likeness (QED) is 0.845. The second-order valence-corrected chi connectivity index (χ2v) is 5.24. The fraction of sp³-hybridized carbons (Fsp3) is 0.455. The Kier molecular flexibility index (Phi) is 4.35. The van der Waals surface area contributed by atoms with Gasteiger partial charge in [0.2, 0.25) is 0 Å². The molecule has 0 aliphatic carbocycles. The monoisotopic (exact) mass is 259 g/mol. The molecule has 1 aliphatic rings. The smallest absolute Gasteiger partial charge is 0.138 e. The van der Waals surface area contributed by atoms with E-state index in [4.69, 9.17) is 22.2 Å². The van der Waals surface area contributed by atoms with Crippen LogP contribution in [0.5, 0.6) is 5.75 Å². The van der Waals surface area contributed by atoms with Gasteiger partial charge in [-0.25, -0.2) is 5.90 Å². The van der Waals surface area contributed by atoms with Gasteiger partial charge in [-0.2, -0.15) is 11.8 Å². The predicted octanol–water partition coefficient (Wildman–Crippen LogP) is 2.61. The highest BCUT2D eigenvalue weighted by atomic mass is 35.5. The molecule has 0 saturated carbocycles. The third-order valence-corrected chi connectivity index (χ3v) is 3.86. The number of benzene rings is 1. The third-order valence-electron chi connectivity index (χ3n) is 2.43. The van der Waals surface area contributed by atoms with Crippen LogP contribution in [0.4, 0.5) is 0 Å². The molecule has 1 unspecified atom stereocenters. The van der Waals surface area contributed by atoms with Gasteiger partial charge in [-0.15, -0.1) is 0 Å². The summed E-state index contributed by atoms with van der Waals surface area (Å²) in [6, 6.07) is 5.61. The predicted molar refractivity (Wildman–Crippen MR) is 66.8 cm³/mol. The zero-order valence-electron chi connectivity index (χ0n) is 8.82. The Labute approximate surface area is 104 Å². The van der Waals surface area contributed by atoms with E-state index in [9.17, 15) is 0 Å². The van der Waals surface area contributed by atoms with Crippen LogP contribution < -0.4 is 10.6 Å². The van der Waals surface area contributed by atoms with Gasteiger partial charge < -0.3 is 4.74 Å².